The van der Waals surface area contributed by atoms with Crippen LogP contribution in [0.15, 0.2) is 109 Å². The summed E-state index contributed by atoms with van der Waals surface area (Å²) in [6.07, 6.45) is -1.12. The van der Waals surface area contributed by atoms with Gasteiger partial charge in [0, 0.05) is 57.8 Å². The number of rotatable bonds is 4. The average Bonchev–Trinajstić information content (AvgIpc) is 4.18. The first-order chi connectivity index (χ1) is 35.8. The number of esters is 5. The Hall–Kier alpha value is -8.66. The lowest BCUT2D eigenvalue weighted by Gasteiger charge is -2.19. The zero-order valence-corrected chi connectivity index (χ0v) is 43.4. The van der Waals surface area contributed by atoms with Crippen molar-refractivity contribution in [1.82, 2.24) is 4.90 Å². The molecule has 0 spiro atoms. The second kappa shape index (κ2) is 24.8. The SMILES string of the molecule is CCN(CC)C(=O)c1cc(C)ccc1C=O.Cc1ccc2c(c1)C(=O)OC2.Cc1ccc2c(c1)C(=O)OC2Br.Cc1ccc2c(c1)C(=O)OC2O.N#CC1OC(=O)c2cc(N)ccc21.Nc1ccc2c(c1)C(=O)OC2. The van der Waals surface area contributed by atoms with E-state index in [1.165, 1.54) is 6.07 Å². The van der Waals surface area contributed by atoms with Crippen LogP contribution in [-0.4, -0.2) is 65.1 Å². The lowest BCUT2D eigenvalue weighted by molar-refractivity contribution is -0.0548. The molecule has 3 atom stereocenters. The zero-order chi connectivity index (χ0) is 54.7. The standard InChI is InChI=1S/C13H17NO2.C9H7BrO2.C9H6N2O2.C9H8O3.C9H8O2.C8H7NO2/c1-4-14(5-2)13(16)12-8-10(3)6-7-11(12)9-15;1-5-2-3-6-7(4-5)9(11)12-8(6)10;10-4-8-6-2-1-5(11)3-7(6)9(12)13-8;1-5-2-3-6-7(4-5)9(11)12-8(6)10;1-6-2-3-7-5-11-9(10)8(7)4-6;9-6-2-1-5-4-11-8(10)7(5)3-6/h6-9H,4-5H2,1-3H3;2-4,8H,1H3;1-3,8H,11H2;2-4,8,10H,1H3;2-4H,5H2,1H3;1-3H,4,9H2. The maximum Gasteiger partial charge on any atom is 0.341 e. The van der Waals surface area contributed by atoms with Crippen LogP contribution in [0.3, 0.4) is 0 Å². The van der Waals surface area contributed by atoms with E-state index in [4.69, 9.17) is 35.7 Å². The third kappa shape index (κ3) is 13.5. The van der Waals surface area contributed by atoms with Gasteiger partial charge in [-0.3, -0.25) is 9.59 Å². The van der Waals surface area contributed by atoms with Crippen molar-refractivity contribution >= 4 is 69.3 Å². The zero-order valence-electron chi connectivity index (χ0n) is 41.8. The van der Waals surface area contributed by atoms with Crippen molar-refractivity contribution in [2.45, 2.75) is 72.2 Å². The van der Waals surface area contributed by atoms with E-state index in [0.717, 1.165) is 50.8 Å². The minimum atomic E-state index is -1.08. The summed E-state index contributed by atoms with van der Waals surface area (Å²) < 4.78 is 24.0. The number of aliphatic hydroxyl groups excluding tert-OH is 1. The third-order valence-corrected chi connectivity index (χ3v) is 12.6. The number of alkyl halides is 1. The average molecular weight is 1080 g/mol. The molecular formula is C57H53BrN4O13. The van der Waals surface area contributed by atoms with Crippen LogP contribution in [0.1, 0.15) is 154 Å². The van der Waals surface area contributed by atoms with Gasteiger partial charge in [0.2, 0.25) is 12.4 Å². The Bertz CT molecular complexity index is 3120. The van der Waals surface area contributed by atoms with Crippen LogP contribution in [0.5, 0.6) is 0 Å². The molecule has 5 aliphatic rings. The van der Waals surface area contributed by atoms with Crippen molar-refractivity contribution in [3.05, 3.63) is 198 Å². The van der Waals surface area contributed by atoms with E-state index in [0.29, 0.717) is 82.2 Å². The highest BCUT2D eigenvalue weighted by atomic mass is 79.9. The topological polar surface area (TPSA) is 265 Å². The highest BCUT2D eigenvalue weighted by Gasteiger charge is 2.32. The van der Waals surface area contributed by atoms with Crippen molar-refractivity contribution < 1.29 is 62.4 Å². The summed E-state index contributed by atoms with van der Waals surface area (Å²) in [5.41, 5.74) is 24.1. The van der Waals surface area contributed by atoms with Crippen LogP contribution in [0.2, 0.25) is 0 Å². The first-order valence-corrected chi connectivity index (χ1v) is 24.3. The number of aryl methyl sites for hydroxylation is 4. The lowest BCUT2D eigenvalue weighted by atomic mass is 10.0. The van der Waals surface area contributed by atoms with Crippen LogP contribution in [0, 0.1) is 39.0 Å². The number of fused-ring (bicyclic) bond motifs is 5. The summed E-state index contributed by atoms with van der Waals surface area (Å²) in [6.45, 7) is 13.7. The van der Waals surface area contributed by atoms with Gasteiger partial charge in [0.1, 0.15) is 19.3 Å². The normalized spacial score (nSPS) is 16.2. The molecule has 1 amide bonds. The Morgan fingerprint density at radius 2 is 1.05 bits per heavy atom. The van der Waals surface area contributed by atoms with Crippen LogP contribution >= 0.6 is 15.9 Å². The highest BCUT2D eigenvalue weighted by Crippen LogP contribution is 2.35. The highest BCUT2D eigenvalue weighted by molar-refractivity contribution is 9.09. The number of aldehydes is 1. The van der Waals surface area contributed by atoms with E-state index in [1.54, 1.807) is 53.4 Å². The Morgan fingerprint density at radius 3 is 1.64 bits per heavy atom. The largest absolute Gasteiger partial charge is 0.457 e. The Kier molecular flexibility index (Phi) is 18.4. The van der Waals surface area contributed by atoms with Gasteiger partial charge in [0.15, 0.2) is 11.3 Å². The molecule has 11 rings (SSSR count). The summed E-state index contributed by atoms with van der Waals surface area (Å²) in [7, 11) is 0. The fourth-order valence-electron chi connectivity index (χ4n) is 7.86. The minimum Gasteiger partial charge on any atom is -0.457 e. The fraction of sp³-hybridized carbons (Fsp3) is 0.228. The molecule has 6 aromatic carbocycles. The molecule has 386 valence electrons. The first kappa shape index (κ1) is 55.7. The summed E-state index contributed by atoms with van der Waals surface area (Å²) in [6, 6.07) is 34.0. The molecule has 0 aromatic heterocycles. The van der Waals surface area contributed by atoms with Gasteiger partial charge in [0.05, 0.1) is 33.4 Å². The van der Waals surface area contributed by atoms with E-state index in [-0.39, 0.29) is 28.8 Å². The molecule has 0 fully saturated rings. The van der Waals surface area contributed by atoms with E-state index < -0.39 is 24.3 Å². The van der Waals surface area contributed by atoms with E-state index in [2.05, 4.69) is 20.7 Å². The molecule has 0 radical (unpaired) electrons. The molecule has 6 aromatic rings. The number of halogens is 1. The number of carbonyl (C=O) groups excluding carboxylic acids is 7. The number of nitrogens with zero attached hydrogens (tertiary/aromatic N) is 2. The van der Waals surface area contributed by atoms with E-state index in [1.807, 2.05) is 102 Å². The quantitative estimate of drug-likeness (QED) is 0.0487. The Labute approximate surface area is 441 Å². The van der Waals surface area contributed by atoms with Gasteiger partial charge in [-0.2, -0.15) is 5.26 Å². The Morgan fingerprint density at radius 1 is 0.613 bits per heavy atom. The molecule has 5 aliphatic heterocycles. The number of nitrogen functional groups attached to an aromatic ring is 2. The molecule has 0 saturated carbocycles. The predicted octanol–water partition coefficient (Wildman–Crippen LogP) is 9.61. The van der Waals surface area contributed by atoms with Crippen LogP contribution < -0.4 is 11.5 Å². The number of hydrogen-bond donors (Lipinski definition) is 3. The van der Waals surface area contributed by atoms with Crippen LogP contribution in [0.4, 0.5) is 11.4 Å². The second-order valence-corrected chi connectivity index (χ2v) is 18.2. The summed E-state index contributed by atoms with van der Waals surface area (Å²) >= 11 is 3.26. The fourth-order valence-corrected chi connectivity index (χ4v) is 8.43. The van der Waals surface area contributed by atoms with Crippen LogP contribution in [0.25, 0.3) is 0 Å². The molecule has 0 saturated heterocycles. The number of cyclic esters (lactones) is 5. The third-order valence-electron chi connectivity index (χ3n) is 11.9. The number of amides is 1. The number of carbonyl (C=O) groups is 7. The Balaban J connectivity index is 0.000000147. The molecule has 0 bridgehead atoms. The molecule has 3 unspecified atom stereocenters. The lowest BCUT2D eigenvalue weighted by Crippen LogP contribution is -2.31. The second-order valence-electron chi connectivity index (χ2n) is 17.3. The monoisotopic (exact) mass is 1080 g/mol. The van der Waals surface area contributed by atoms with Crippen molar-refractivity contribution in [2.24, 2.45) is 0 Å². The molecule has 5 heterocycles. The van der Waals surface area contributed by atoms with Gasteiger partial charge in [-0.1, -0.05) is 82.9 Å². The van der Waals surface area contributed by atoms with E-state index >= 15 is 0 Å². The molecule has 17 nitrogen and oxygen atoms in total. The van der Waals surface area contributed by atoms with Gasteiger partial charge in [-0.15, -0.1) is 0 Å². The molecular weight excluding hydrogens is 1030 g/mol. The summed E-state index contributed by atoms with van der Waals surface area (Å²) in [5, 5.41) is 17.6. The van der Waals surface area contributed by atoms with Gasteiger partial charge in [-0.25, -0.2) is 24.0 Å². The minimum absolute atomic E-state index is 0.0733. The predicted molar refractivity (Wildman–Crippen MR) is 279 cm³/mol. The maximum absolute atomic E-state index is 12.1. The molecule has 5 N–H and O–H groups in total. The summed E-state index contributed by atoms with van der Waals surface area (Å²) in [4.78, 5) is 80.0. The smallest absolute Gasteiger partial charge is 0.341 e. The van der Waals surface area contributed by atoms with Gasteiger partial charge < -0.3 is 45.2 Å². The van der Waals surface area contributed by atoms with Crippen molar-refractivity contribution in [1.29, 1.82) is 5.26 Å². The number of nitriles is 1. The number of nitrogens with two attached hydrogens (primary N) is 2. The van der Waals surface area contributed by atoms with Crippen molar-refractivity contribution in [2.75, 3.05) is 24.6 Å². The van der Waals surface area contributed by atoms with E-state index in [9.17, 15) is 38.7 Å². The number of hydrogen-bond acceptors (Lipinski definition) is 16. The summed E-state index contributed by atoms with van der Waals surface area (Å²) in [5.74, 6) is -1.70. The van der Waals surface area contributed by atoms with Crippen molar-refractivity contribution in [3.8, 4) is 6.07 Å². The number of aliphatic hydroxyl groups is 1. The van der Waals surface area contributed by atoms with Gasteiger partial charge >= 0.3 is 29.8 Å². The number of ether oxygens (including phenoxy) is 5. The van der Waals surface area contributed by atoms with Crippen molar-refractivity contribution in [3.63, 3.8) is 0 Å². The number of benzene rings is 6. The molecule has 18 heteroatoms. The first-order valence-electron chi connectivity index (χ1n) is 23.4. The van der Waals surface area contributed by atoms with Crippen LogP contribution in [-0.2, 0) is 36.9 Å². The molecule has 0 aliphatic carbocycles. The molecule has 75 heavy (non-hydrogen) atoms. The number of anilines is 2. The van der Waals surface area contributed by atoms with Gasteiger partial charge in [-0.05, 0) is 106 Å². The maximum atomic E-state index is 12.1. The van der Waals surface area contributed by atoms with Gasteiger partial charge in [0.25, 0.3) is 5.91 Å².